The first-order chi connectivity index (χ1) is 10.9. The Bertz CT molecular complexity index is 792. The van der Waals surface area contributed by atoms with E-state index in [1.807, 2.05) is 30.3 Å². The highest BCUT2D eigenvalue weighted by Gasteiger charge is 2.14. The van der Waals surface area contributed by atoms with Gasteiger partial charge in [-0.3, -0.25) is 4.98 Å². The molecule has 7 heteroatoms. The van der Waals surface area contributed by atoms with Crippen LogP contribution in [0.2, 0.25) is 0 Å². The van der Waals surface area contributed by atoms with Crippen molar-refractivity contribution in [3.05, 3.63) is 48.3 Å². The smallest absolute Gasteiger partial charge is 0.277 e. The summed E-state index contributed by atoms with van der Waals surface area (Å²) in [6, 6.07) is 9.55. The van der Waals surface area contributed by atoms with Crippen LogP contribution in [0.25, 0.3) is 11.5 Å². The van der Waals surface area contributed by atoms with Gasteiger partial charge in [0, 0.05) is 23.7 Å². The van der Waals surface area contributed by atoms with Gasteiger partial charge in [0.05, 0.1) is 0 Å². The summed E-state index contributed by atoms with van der Waals surface area (Å²) >= 11 is 1.48. The summed E-state index contributed by atoms with van der Waals surface area (Å²) < 4.78 is 16.3. The lowest BCUT2D eigenvalue weighted by Gasteiger charge is -2.00. The highest BCUT2D eigenvalue weighted by Crippen LogP contribution is 2.34. The van der Waals surface area contributed by atoms with Crippen molar-refractivity contribution < 1.29 is 13.9 Å². The van der Waals surface area contributed by atoms with Crippen LogP contribution in [-0.4, -0.2) is 22.0 Å². The van der Waals surface area contributed by atoms with Crippen LogP contribution in [-0.2, 0) is 5.75 Å². The minimum absolute atomic E-state index is 0.283. The lowest BCUT2D eigenvalue weighted by molar-refractivity contribution is 0.174. The standard InChI is InChI=1S/C15H11N3O3S/c1-2-12-13(20-9-19-12)7-10(1)8-22-15-18-17-14(21-15)11-3-5-16-6-4-11/h1-7H,8-9H2. The number of pyridine rings is 1. The van der Waals surface area contributed by atoms with Crippen LogP contribution in [0.1, 0.15) is 5.56 Å². The second-order valence-corrected chi connectivity index (χ2v) is 5.51. The Labute approximate surface area is 130 Å². The van der Waals surface area contributed by atoms with E-state index in [0.29, 0.717) is 16.9 Å². The maximum Gasteiger partial charge on any atom is 0.277 e. The summed E-state index contributed by atoms with van der Waals surface area (Å²) in [6.45, 7) is 0.283. The minimum atomic E-state index is 0.283. The molecule has 1 aliphatic heterocycles. The second-order valence-electron chi connectivity index (χ2n) is 4.59. The molecule has 6 nitrogen and oxygen atoms in total. The van der Waals surface area contributed by atoms with Crippen LogP contribution in [0, 0.1) is 0 Å². The predicted octanol–water partition coefficient (Wildman–Crippen LogP) is 3.15. The maximum absolute atomic E-state index is 5.64. The van der Waals surface area contributed by atoms with Crippen molar-refractivity contribution in [1.29, 1.82) is 0 Å². The van der Waals surface area contributed by atoms with Crippen molar-refractivity contribution in [2.75, 3.05) is 6.79 Å². The zero-order valence-electron chi connectivity index (χ0n) is 11.4. The molecule has 0 radical (unpaired) electrons. The van der Waals surface area contributed by atoms with Gasteiger partial charge in [0.1, 0.15) is 0 Å². The number of aromatic nitrogens is 3. The van der Waals surface area contributed by atoms with Crippen molar-refractivity contribution in [1.82, 2.24) is 15.2 Å². The summed E-state index contributed by atoms with van der Waals surface area (Å²) in [5, 5.41) is 8.63. The SMILES string of the molecule is c1cc(-c2nnc(SCc3ccc4c(c3)OCO4)o2)ccn1. The van der Waals surface area contributed by atoms with Crippen molar-refractivity contribution >= 4 is 11.8 Å². The van der Waals surface area contributed by atoms with E-state index in [2.05, 4.69) is 15.2 Å². The molecule has 1 aromatic carbocycles. The lowest BCUT2D eigenvalue weighted by Crippen LogP contribution is -1.92. The van der Waals surface area contributed by atoms with Crippen LogP contribution in [0.4, 0.5) is 0 Å². The van der Waals surface area contributed by atoms with E-state index < -0.39 is 0 Å². The zero-order chi connectivity index (χ0) is 14.8. The molecule has 0 saturated heterocycles. The quantitative estimate of drug-likeness (QED) is 0.685. The third-order valence-corrected chi connectivity index (χ3v) is 4.02. The zero-order valence-corrected chi connectivity index (χ0v) is 12.2. The van der Waals surface area contributed by atoms with Crippen LogP contribution in [0.5, 0.6) is 11.5 Å². The molecule has 1 aliphatic rings. The molecule has 0 aliphatic carbocycles. The topological polar surface area (TPSA) is 70.3 Å². The van der Waals surface area contributed by atoms with Gasteiger partial charge in [-0.05, 0) is 29.8 Å². The van der Waals surface area contributed by atoms with E-state index in [-0.39, 0.29) is 6.79 Å². The molecule has 0 saturated carbocycles. The van der Waals surface area contributed by atoms with Gasteiger partial charge in [-0.25, -0.2) is 0 Å². The highest BCUT2D eigenvalue weighted by molar-refractivity contribution is 7.98. The van der Waals surface area contributed by atoms with Gasteiger partial charge >= 0.3 is 0 Å². The fourth-order valence-corrected chi connectivity index (χ4v) is 2.76. The Kier molecular flexibility index (Phi) is 3.40. The van der Waals surface area contributed by atoms with Gasteiger partial charge in [0.15, 0.2) is 11.5 Å². The molecule has 0 fully saturated rings. The van der Waals surface area contributed by atoms with Gasteiger partial charge in [-0.2, -0.15) is 0 Å². The van der Waals surface area contributed by atoms with Crippen molar-refractivity contribution in [2.24, 2.45) is 0 Å². The number of benzene rings is 1. The minimum Gasteiger partial charge on any atom is -0.454 e. The molecule has 110 valence electrons. The van der Waals surface area contributed by atoms with E-state index in [4.69, 9.17) is 13.9 Å². The monoisotopic (exact) mass is 313 g/mol. The Hall–Kier alpha value is -2.54. The lowest BCUT2D eigenvalue weighted by atomic mass is 10.2. The molecular formula is C15H11N3O3S. The number of hydrogen-bond acceptors (Lipinski definition) is 7. The number of ether oxygens (including phenoxy) is 2. The molecular weight excluding hydrogens is 302 g/mol. The molecule has 4 rings (SSSR count). The van der Waals surface area contributed by atoms with Crippen LogP contribution in [0.3, 0.4) is 0 Å². The van der Waals surface area contributed by atoms with Gasteiger partial charge in [0.2, 0.25) is 12.7 Å². The molecule has 2 aromatic heterocycles. The van der Waals surface area contributed by atoms with Crippen LogP contribution >= 0.6 is 11.8 Å². The van der Waals surface area contributed by atoms with Gasteiger partial charge in [-0.1, -0.05) is 17.8 Å². The average Bonchev–Trinajstić information content (AvgIpc) is 3.22. The summed E-state index contributed by atoms with van der Waals surface area (Å²) in [5.41, 5.74) is 1.97. The molecule has 0 N–H and O–H groups in total. The van der Waals surface area contributed by atoms with Crippen LogP contribution < -0.4 is 9.47 Å². The molecule has 0 spiro atoms. The largest absolute Gasteiger partial charge is 0.454 e. The number of hydrogen-bond donors (Lipinski definition) is 0. The molecule has 0 amide bonds. The second kappa shape index (κ2) is 5.69. The van der Waals surface area contributed by atoms with Crippen molar-refractivity contribution in [3.63, 3.8) is 0 Å². The first kappa shape index (κ1) is 13.1. The first-order valence-electron chi connectivity index (χ1n) is 6.64. The molecule has 3 aromatic rings. The molecule has 0 bridgehead atoms. The highest BCUT2D eigenvalue weighted by atomic mass is 32.2. The maximum atomic E-state index is 5.64. The van der Waals surface area contributed by atoms with E-state index >= 15 is 0 Å². The number of rotatable bonds is 4. The van der Waals surface area contributed by atoms with E-state index in [1.54, 1.807) is 12.4 Å². The number of thioether (sulfide) groups is 1. The fraction of sp³-hybridized carbons (Fsp3) is 0.133. The third-order valence-electron chi connectivity index (χ3n) is 3.13. The van der Waals surface area contributed by atoms with Gasteiger partial charge in [0.25, 0.3) is 5.22 Å². The Morgan fingerprint density at radius 1 is 1.00 bits per heavy atom. The first-order valence-corrected chi connectivity index (χ1v) is 7.62. The summed E-state index contributed by atoms with van der Waals surface area (Å²) in [5.74, 6) is 2.78. The Morgan fingerprint density at radius 2 is 1.86 bits per heavy atom. The molecule has 22 heavy (non-hydrogen) atoms. The van der Waals surface area contributed by atoms with Crippen molar-refractivity contribution in [3.8, 4) is 23.0 Å². The average molecular weight is 313 g/mol. The van der Waals surface area contributed by atoms with Crippen LogP contribution in [0.15, 0.2) is 52.4 Å². The van der Waals surface area contributed by atoms with Gasteiger partial charge < -0.3 is 13.9 Å². The van der Waals surface area contributed by atoms with E-state index in [9.17, 15) is 0 Å². The van der Waals surface area contributed by atoms with E-state index in [0.717, 1.165) is 22.6 Å². The molecule has 3 heterocycles. The molecule has 0 atom stereocenters. The normalized spacial score (nSPS) is 12.5. The van der Waals surface area contributed by atoms with E-state index in [1.165, 1.54) is 11.8 Å². The van der Waals surface area contributed by atoms with Crippen molar-refractivity contribution in [2.45, 2.75) is 11.0 Å². The summed E-state index contributed by atoms with van der Waals surface area (Å²) in [4.78, 5) is 3.97. The third kappa shape index (κ3) is 2.62. The Morgan fingerprint density at radius 3 is 2.77 bits per heavy atom. The fourth-order valence-electron chi connectivity index (χ4n) is 2.06. The summed E-state index contributed by atoms with van der Waals surface area (Å²) in [7, 11) is 0. The molecule has 0 unspecified atom stereocenters. The van der Waals surface area contributed by atoms with Gasteiger partial charge in [-0.15, -0.1) is 10.2 Å². The Balaban J connectivity index is 1.45. The predicted molar refractivity (Wildman–Crippen MR) is 79.7 cm³/mol. The summed E-state index contributed by atoms with van der Waals surface area (Å²) in [6.07, 6.45) is 3.39. The number of nitrogens with zero attached hydrogens (tertiary/aromatic N) is 3. The number of fused-ring (bicyclic) bond motifs is 1.